The van der Waals surface area contributed by atoms with E-state index in [4.69, 9.17) is 18.9 Å². The SMILES string of the molecule is CC/C=C\C/C=C\C/C=C\C/C=C\C/C=C\C/C=C\C/C=C\C/C=C\CCCCC(=O)OC(COC(=O)CCCCCCCCCCCCCCCCCCCCCC/C=C\C/C=C\C/C=C\C/C=C\C/C=C\C/C=C\CC)COC(OCC[N+](C)(C)C)C(=O)[O-]. The molecule has 0 aromatic rings. The van der Waals surface area contributed by atoms with Crippen molar-refractivity contribution in [2.24, 2.45) is 0 Å². The quantitative estimate of drug-likeness (QED) is 0.0195. The molecule has 0 heterocycles. The van der Waals surface area contributed by atoms with Crippen LogP contribution in [0.15, 0.2) is 170 Å². The van der Waals surface area contributed by atoms with E-state index in [1.807, 2.05) is 21.1 Å². The average molecular weight is 1260 g/mol. The van der Waals surface area contributed by atoms with Gasteiger partial charge in [0.1, 0.15) is 13.2 Å². The number of likely N-dealkylation sites (N-methyl/N-ethyl adjacent to an activating group) is 1. The molecule has 2 atom stereocenters. The largest absolute Gasteiger partial charge is 0.545 e. The highest BCUT2D eigenvalue weighted by atomic mass is 16.7. The molecule has 9 nitrogen and oxygen atoms in total. The Balaban J connectivity index is 4.14. The van der Waals surface area contributed by atoms with Crippen LogP contribution in [0.2, 0.25) is 0 Å². The molecule has 0 aliphatic carbocycles. The third kappa shape index (κ3) is 71.9. The number of ether oxygens (including phenoxy) is 4. The first kappa shape index (κ1) is 85.7. The highest BCUT2D eigenvalue weighted by molar-refractivity contribution is 5.70. The molecule has 0 spiro atoms. The number of allylic oxidation sites excluding steroid dienone is 28. The van der Waals surface area contributed by atoms with Gasteiger partial charge >= 0.3 is 11.9 Å². The van der Waals surface area contributed by atoms with E-state index in [2.05, 4.69) is 184 Å². The molecule has 0 rings (SSSR count). The first-order valence-electron chi connectivity index (χ1n) is 36.3. The molecule has 0 bridgehead atoms. The van der Waals surface area contributed by atoms with Crippen LogP contribution >= 0.6 is 0 Å². The lowest BCUT2D eigenvalue weighted by molar-refractivity contribution is -0.870. The summed E-state index contributed by atoms with van der Waals surface area (Å²) in [4.78, 5) is 37.5. The van der Waals surface area contributed by atoms with Gasteiger partial charge in [0.2, 0.25) is 0 Å². The number of nitrogens with zero attached hydrogens (tertiary/aromatic N) is 1. The van der Waals surface area contributed by atoms with Gasteiger partial charge in [-0.05, 0) is 128 Å². The number of esters is 2. The normalized spacial score (nSPS) is 13.7. The highest BCUT2D eigenvalue weighted by Crippen LogP contribution is 2.17. The van der Waals surface area contributed by atoms with Gasteiger partial charge in [-0.1, -0.05) is 300 Å². The van der Waals surface area contributed by atoms with Crippen LogP contribution in [0.3, 0.4) is 0 Å². The van der Waals surface area contributed by atoms with Crippen LogP contribution in [0.1, 0.15) is 271 Å². The molecule has 9 heteroatoms. The lowest BCUT2D eigenvalue weighted by Crippen LogP contribution is -2.44. The summed E-state index contributed by atoms with van der Waals surface area (Å²) < 4.78 is 22.7. The van der Waals surface area contributed by atoms with Crippen LogP contribution in [-0.4, -0.2) is 82.3 Å². The maximum absolute atomic E-state index is 12.9. The van der Waals surface area contributed by atoms with E-state index in [1.165, 1.54) is 116 Å². The zero-order chi connectivity index (χ0) is 66.1. The van der Waals surface area contributed by atoms with Gasteiger partial charge in [-0.2, -0.15) is 0 Å². The first-order chi connectivity index (χ1) is 44.6. The maximum Gasteiger partial charge on any atom is 0.306 e. The molecule has 0 aliphatic rings. The Labute approximate surface area is 558 Å². The Bertz CT molecular complexity index is 2100. The molecule has 0 fully saturated rings. The Morgan fingerprint density at radius 3 is 0.901 bits per heavy atom. The van der Waals surface area contributed by atoms with E-state index in [-0.39, 0.29) is 38.6 Å². The molecule has 91 heavy (non-hydrogen) atoms. The Morgan fingerprint density at radius 2 is 0.593 bits per heavy atom. The van der Waals surface area contributed by atoms with Gasteiger partial charge in [-0.25, -0.2) is 0 Å². The van der Waals surface area contributed by atoms with Gasteiger partial charge in [0, 0.05) is 12.8 Å². The minimum atomic E-state index is -1.64. The van der Waals surface area contributed by atoms with Crippen molar-refractivity contribution in [1.29, 1.82) is 0 Å². The van der Waals surface area contributed by atoms with Crippen LogP contribution in [0, 0.1) is 0 Å². The summed E-state index contributed by atoms with van der Waals surface area (Å²) in [6.45, 7) is 4.46. The summed E-state index contributed by atoms with van der Waals surface area (Å²) in [6, 6.07) is 0. The van der Waals surface area contributed by atoms with Gasteiger partial charge in [-0.3, -0.25) is 9.59 Å². The summed E-state index contributed by atoms with van der Waals surface area (Å²) in [6.07, 6.45) is 103. The van der Waals surface area contributed by atoms with Crippen molar-refractivity contribution < 1.29 is 42.9 Å². The summed E-state index contributed by atoms with van der Waals surface area (Å²) >= 11 is 0. The molecular weight excluding hydrogens is 1130 g/mol. The number of rotatable bonds is 65. The summed E-state index contributed by atoms with van der Waals surface area (Å²) in [5.41, 5.74) is 0. The zero-order valence-electron chi connectivity index (χ0n) is 58.6. The molecular formula is C82H133NO8. The number of aliphatic carboxylic acids is 1. The van der Waals surface area contributed by atoms with E-state index < -0.39 is 24.3 Å². The van der Waals surface area contributed by atoms with Gasteiger partial charge in [0.25, 0.3) is 0 Å². The fraction of sp³-hybridized carbons (Fsp3) is 0.622. The fourth-order valence-electron chi connectivity index (χ4n) is 9.50. The molecule has 514 valence electrons. The van der Waals surface area contributed by atoms with Crippen LogP contribution in [-0.2, 0) is 33.3 Å². The van der Waals surface area contributed by atoms with Crippen LogP contribution in [0.25, 0.3) is 0 Å². The van der Waals surface area contributed by atoms with Crippen molar-refractivity contribution in [2.75, 3.05) is 47.5 Å². The van der Waals surface area contributed by atoms with Crippen molar-refractivity contribution in [3.05, 3.63) is 170 Å². The average Bonchev–Trinajstić information content (AvgIpc) is 3.46. The molecule has 0 aliphatic heterocycles. The van der Waals surface area contributed by atoms with Crippen LogP contribution in [0.5, 0.6) is 0 Å². The second-order valence-electron chi connectivity index (χ2n) is 24.8. The zero-order valence-corrected chi connectivity index (χ0v) is 58.6. The third-order valence-electron chi connectivity index (χ3n) is 15.0. The maximum atomic E-state index is 12.9. The van der Waals surface area contributed by atoms with Crippen molar-refractivity contribution in [2.45, 2.75) is 283 Å². The highest BCUT2D eigenvalue weighted by Gasteiger charge is 2.22. The number of quaternary nitrogens is 1. The molecule has 0 amide bonds. The smallest absolute Gasteiger partial charge is 0.306 e. The molecule has 2 unspecified atom stereocenters. The summed E-state index contributed by atoms with van der Waals surface area (Å²) in [5, 5.41) is 11.8. The standard InChI is InChI=1S/C82H133NO8/c1-6-8-10-12-14-16-18-20-22-24-26-28-30-32-34-35-36-37-38-39-40-41-42-43-44-45-47-48-50-52-54-56-58-60-62-64-66-68-70-72-79(84)89-76-78(77-90-82(81(86)87)88-75-74-83(3,4)5)91-80(85)73-71-69-67-65-63-61-59-57-55-53-51-49-46-33-31-29-27-25-23-21-19-17-15-13-11-9-7-2/h8-11,14-17,20-23,26-29,32-34,36-37,46,51,53,57,59,63,65,78,82H,6-7,12-13,18-19,24-25,30-31,35,38-45,47-50,52,54-56,58,60-62,64,66-77H2,1-5H3/b10-8-,11-9-,16-14-,17-15-,22-20-,23-21-,28-26-,29-27-,34-32-,37-36-,46-33-,53-51-,59-57-,65-63-. The molecule has 0 saturated carbocycles. The van der Waals surface area contributed by atoms with Gasteiger partial charge in [0.15, 0.2) is 12.4 Å². The van der Waals surface area contributed by atoms with Crippen molar-refractivity contribution in [3.63, 3.8) is 0 Å². The number of hydrogen-bond donors (Lipinski definition) is 0. The first-order valence-corrected chi connectivity index (χ1v) is 36.3. The van der Waals surface area contributed by atoms with E-state index in [0.717, 1.165) is 122 Å². The monoisotopic (exact) mass is 1260 g/mol. The van der Waals surface area contributed by atoms with E-state index >= 15 is 0 Å². The van der Waals surface area contributed by atoms with E-state index in [9.17, 15) is 19.5 Å². The third-order valence-corrected chi connectivity index (χ3v) is 15.0. The van der Waals surface area contributed by atoms with Gasteiger partial charge < -0.3 is 33.3 Å². The van der Waals surface area contributed by atoms with E-state index in [0.29, 0.717) is 17.4 Å². The van der Waals surface area contributed by atoms with Crippen molar-refractivity contribution in [1.82, 2.24) is 0 Å². The number of carbonyl (C=O) groups is 3. The van der Waals surface area contributed by atoms with Crippen molar-refractivity contribution >= 4 is 17.9 Å². The number of carbonyl (C=O) groups excluding carboxylic acids is 3. The number of carboxylic acids is 1. The van der Waals surface area contributed by atoms with Crippen LogP contribution < -0.4 is 5.11 Å². The Hall–Kier alpha value is -5.35. The molecule has 0 saturated heterocycles. The number of unbranched alkanes of at least 4 members (excludes halogenated alkanes) is 22. The second kappa shape index (κ2) is 70.5. The summed E-state index contributed by atoms with van der Waals surface area (Å²) in [5.74, 6) is -2.35. The van der Waals surface area contributed by atoms with E-state index in [1.54, 1.807) is 0 Å². The van der Waals surface area contributed by atoms with Gasteiger partial charge in [-0.15, -0.1) is 0 Å². The fourth-order valence-corrected chi connectivity index (χ4v) is 9.50. The minimum absolute atomic E-state index is 0.131. The molecule has 0 radical (unpaired) electrons. The molecule has 0 N–H and O–H groups in total. The minimum Gasteiger partial charge on any atom is -0.545 e. The predicted octanol–water partition coefficient (Wildman–Crippen LogP) is 21.7. The lowest BCUT2D eigenvalue weighted by atomic mass is 10.0. The predicted molar refractivity (Wildman–Crippen MR) is 388 cm³/mol. The van der Waals surface area contributed by atoms with Gasteiger partial charge in [0.05, 0.1) is 40.3 Å². The summed E-state index contributed by atoms with van der Waals surface area (Å²) in [7, 11) is 5.91. The Kier molecular flexibility index (Phi) is 66.4. The van der Waals surface area contributed by atoms with Crippen molar-refractivity contribution in [3.8, 4) is 0 Å². The molecule has 0 aromatic carbocycles. The topological polar surface area (TPSA) is 111 Å². The lowest BCUT2D eigenvalue weighted by Gasteiger charge is -2.26. The number of hydrogen-bond acceptors (Lipinski definition) is 8. The second-order valence-corrected chi connectivity index (χ2v) is 24.8. The van der Waals surface area contributed by atoms with Crippen LogP contribution in [0.4, 0.5) is 0 Å². The molecule has 0 aromatic heterocycles. The Morgan fingerprint density at radius 1 is 0.330 bits per heavy atom. The number of carboxylic acid groups (broad SMARTS) is 1.